The van der Waals surface area contributed by atoms with Gasteiger partial charge in [-0.2, -0.15) is 0 Å². The Kier molecular flexibility index (Phi) is 6.27. The maximum Gasteiger partial charge on any atom is 0.312 e. The summed E-state index contributed by atoms with van der Waals surface area (Å²) in [6, 6.07) is 13.6. The number of anilines is 1. The number of piperazine rings is 1. The van der Waals surface area contributed by atoms with Gasteiger partial charge in [-0.25, -0.2) is 4.98 Å². The van der Waals surface area contributed by atoms with Crippen LogP contribution in [0.25, 0.3) is 10.6 Å². The van der Waals surface area contributed by atoms with Gasteiger partial charge in [0.2, 0.25) is 0 Å². The molecular weight excluding hydrogens is 410 g/mol. The Bertz CT molecular complexity index is 1050. The van der Waals surface area contributed by atoms with Crippen LogP contribution in [0.1, 0.15) is 23.5 Å². The van der Waals surface area contributed by atoms with E-state index in [-0.39, 0.29) is 6.04 Å². The third-order valence-electron chi connectivity index (χ3n) is 5.38. The number of aromatic nitrogens is 2. The Morgan fingerprint density at radius 3 is 2.39 bits per heavy atom. The molecule has 1 aromatic carbocycles. The monoisotopic (exact) mass is 435 g/mol. The highest BCUT2D eigenvalue weighted by molar-refractivity contribution is 7.15. The Hall–Kier alpha value is -3.26. The van der Waals surface area contributed by atoms with Gasteiger partial charge < -0.3 is 15.1 Å². The van der Waals surface area contributed by atoms with E-state index >= 15 is 0 Å². The van der Waals surface area contributed by atoms with E-state index in [1.165, 1.54) is 0 Å². The zero-order valence-electron chi connectivity index (χ0n) is 17.6. The maximum atomic E-state index is 12.7. The SMILES string of the molecule is Cc1nc(-c2ccccc2)sc1C(C)NC(=O)C(=O)N1CCN(c2ccncc2)CC1. The van der Waals surface area contributed by atoms with Crippen LogP contribution in [-0.4, -0.2) is 52.9 Å². The van der Waals surface area contributed by atoms with E-state index in [0.717, 1.165) is 26.8 Å². The lowest BCUT2D eigenvalue weighted by molar-refractivity contribution is -0.146. The van der Waals surface area contributed by atoms with Gasteiger partial charge in [-0.1, -0.05) is 30.3 Å². The first-order chi connectivity index (χ1) is 15.0. The third-order valence-corrected chi connectivity index (χ3v) is 6.77. The zero-order valence-corrected chi connectivity index (χ0v) is 18.4. The lowest BCUT2D eigenvalue weighted by Gasteiger charge is -2.35. The van der Waals surface area contributed by atoms with Crippen molar-refractivity contribution in [2.45, 2.75) is 19.9 Å². The number of rotatable bonds is 4. The number of hydrogen-bond donors (Lipinski definition) is 1. The van der Waals surface area contributed by atoms with E-state index < -0.39 is 11.8 Å². The molecule has 3 aromatic rings. The van der Waals surface area contributed by atoms with Crippen LogP contribution in [0.3, 0.4) is 0 Å². The highest BCUT2D eigenvalue weighted by Crippen LogP contribution is 2.31. The number of carbonyl (C=O) groups is 2. The molecule has 1 fully saturated rings. The third kappa shape index (κ3) is 4.74. The molecule has 1 N–H and O–H groups in total. The van der Waals surface area contributed by atoms with Crippen LogP contribution in [0.4, 0.5) is 5.69 Å². The smallest absolute Gasteiger partial charge is 0.312 e. The zero-order chi connectivity index (χ0) is 21.8. The number of nitrogens with zero attached hydrogens (tertiary/aromatic N) is 4. The molecule has 3 heterocycles. The van der Waals surface area contributed by atoms with Gasteiger partial charge in [-0.05, 0) is 26.0 Å². The molecule has 0 spiro atoms. The molecule has 4 rings (SSSR count). The second kappa shape index (κ2) is 9.26. The number of thiazole rings is 1. The van der Waals surface area contributed by atoms with E-state index in [9.17, 15) is 9.59 Å². The van der Waals surface area contributed by atoms with Gasteiger partial charge in [0.25, 0.3) is 0 Å². The Morgan fingerprint density at radius 2 is 1.71 bits per heavy atom. The van der Waals surface area contributed by atoms with Crippen molar-refractivity contribution in [3.63, 3.8) is 0 Å². The average molecular weight is 436 g/mol. The molecule has 160 valence electrons. The predicted molar refractivity (Wildman–Crippen MR) is 122 cm³/mol. The Balaban J connectivity index is 1.35. The maximum absolute atomic E-state index is 12.7. The standard InChI is InChI=1S/C23H25N5O2S/c1-16(20-17(2)26-22(31-20)18-6-4-3-5-7-18)25-21(29)23(30)28-14-12-27(13-15-28)19-8-10-24-11-9-19/h3-11,16H,12-15H2,1-2H3,(H,25,29). The van der Waals surface area contributed by atoms with Crippen LogP contribution in [0.2, 0.25) is 0 Å². The molecule has 1 aliphatic rings. The van der Waals surface area contributed by atoms with E-state index in [0.29, 0.717) is 26.2 Å². The Labute approximate surface area is 185 Å². The summed E-state index contributed by atoms with van der Waals surface area (Å²) in [5, 5.41) is 3.77. The van der Waals surface area contributed by atoms with Crippen LogP contribution >= 0.6 is 11.3 Å². The van der Waals surface area contributed by atoms with Crippen LogP contribution in [0.15, 0.2) is 54.9 Å². The quantitative estimate of drug-likeness (QED) is 0.638. The molecule has 2 amide bonds. The molecule has 7 nitrogen and oxygen atoms in total. The van der Waals surface area contributed by atoms with Crippen molar-refractivity contribution < 1.29 is 9.59 Å². The highest BCUT2D eigenvalue weighted by Gasteiger charge is 2.28. The van der Waals surface area contributed by atoms with E-state index in [1.54, 1.807) is 28.6 Å². The molecule has 0 saturated carbocycles. The molecule has 2 aromatic heterocycles. The van der Waals surface area contributed by atoms with Crippen LogP contribution in [-0.2, 0) is 9.59 Å². The minimum Gasteiger partial charge on any atom is -0.368 e. The molecule has 8 heteroatoms. The van der Waals surface area contributed by atoms with Crippen molar-refractivity contribution in [2.24, 2.45) is 0 Å². The summed E-state index contributed by atoms with van der Waals surface area (Å²) in [5.41, 5.74) is 2.99. The average Bonchev–Trinajstić information content (AvgIpc) is 3.21. The molecule has 1 atom stereocenters. The Morgan fingerprint density at radius 1 is 1.03 bits per heavy atom. The number of amides is 2. The summed E-state index contributed by atoms with van der Waals surface area (Å²) < 4.78 is 0. The number of pyridine rings is 1. The number of benzene rings is 1. The van der Waals surface area contributed by atoms with Crippen molar-refractivity contribution in [2.75, 3.05) is 31.1 Å². The van der Waals surface area contributed by atoms with E-state index in [4.69, 9.17) is 0 Å². The minimum absolute atomic E-state index is 0.287. The van der Waals surface area contributed by atoms with E-state index in [1.807, 2.05) is 56.3 Å². The fraction of sp³-hybridized carbons (Fsp3) is 0.304. The molecule has 1 saturated heterocycles. The summed E-state index contributed by atoms with van der Waals surface area (Å²) in [6.07, 6.45) is 3.51. The van der Waals surface area contributed by atoms with Crippen LogP contribution in [0, 0.1) is 6.92 Å². The molecule has 1 unspecified atom stereocenters. The highest BCUT2D eigenvalue weighted by atomic mass is 32.1. The van der Waals surface area contributed by atoms with Gasteiger partial charge in [0, 0.05) is 49.8 Å². The van der Waals surface area contributed by atoms with Crippen molar-refractivity contribution in [1.82, 2.24) is 20.2 Å². The van der Waals surface area contributed by atoms with Gasteiger partial charge in [0.15, 0.2) is 0 Å². The minimum atomic E-state index is -0.570. The summed E-state index contributed by atoms with van der Waals surface area (Å²) in [4.78, 5) is 38.8. The number of hydrogen-bond acceptors (Lipinski definition) is 6. The first-order valence-electron chi connectivity index (χ1n) is 10.3. The fourth-order valence-corrected chi connectivity index (χ4v) is 4.78. The molecule has 1 aliphatic heterocycles. The van der Waals surface area contributed by atoms with Gasteiger partial charge in [-0.15, -0.1) is 11.3 Å². The van der Waals surface area contributed by atoms with Crippen LogP contribution < -0.4 is 10.2 Å². The number of aryl methyl sites for hydroxylation is 1. The largest absolute Gasteiger partial charge is 0.368 e. The molecule has 0 aliphatic carbocycles. The van der Waals surface area contributed by atoms with Crippen molar-refractivity contribution in [3.05, 3.63) is 65.4 Å². The van der Waals surface area contributed by atoms with Gasteiger partial charge in [0.05, 0.1) is 16.6 Å². The lowest BCUT2D eigenvalue weighted by atomic mass is 10.2. The van der Waals surface area contributed by atoms with Gasteiger partial charge in [0.1, 0.15) is 5.01 Å². The topological polar surface area (TPSA) is 78.4 Å². The second-order valence-electron chi connectivity index (χ2n) is 7.51. The van der Waals surface area contributed by atoms with Crippen molar-refractivity contribution in [1.29, 1.82) is 0 Å². The molecule has 0 radical (unpaired) electrons. The summed E-state index contributed by atoms with van der Waals surface area (Å²) in [5.74, 6) is -1.05. The van der Waals surface area contributed by atoms with Crippen molar-refractivity contribution in [3.8, 4) is 10.6 Å². The number of nitrogens with one attached hydrogen (secondary N) is 1. The molecular formula is C23H25N5O2S. The van der Waals surface area contributed by atoms with Crippen LogP contribution in [0.5, 0.6) is 0 Å². The van der Waals surface area contributed by atoms with E-state index in [2.05, 4.69) is 20.2 Å². The summed E-state index contributed by atoms with van der Waals surface area (Å²) in [6.45, 7) is 6.23. The number of carbonyl (C=O) groups excluding carboxylic acids is 2. The first-order valence-corrected chi connectivity index (χ1v) is 11.1. The first kappa shape index (κ1) is 21.0. The summed E-state index contributed by atoms with van der Waals surface area (Å²) >= 11 is 1.55. The fourth-order valence-electron chi connectivity index (χ4n) is 3.70. The molecule has 0 bridgehead atoms. The second-order valence-corrected chi connectivity index (χ2v) is 8.55. The van der Waals surface area contributed by atoms with Gasteiger partial charge in [-0.3, -0.25) is 14.6 Å². The normalized spacial score (nSPS) is 14.9. The van der Waals surface area contributed by atoms with Crippen molar-refractivity contribution >= 4 is 28.8 Å². The predicted octanol–water partition coefficient (Wildman–Crippen LogP) is 3.04. The summed E-state index contributed by atoms with van der Waals surface area (Å²) in [7, 11) is 0. The van der Waals surface area contributed by atoms with Gasteiger partial charge >= 0.3 is 11.8 Å². The molecule has 31 heavy (non-hydrogen) atoms. The lowest BCUT2D eigenvalue weighted by Crippen LogP contribution is -2.52.